The van der Waals surface area contributed by atoms with Gasteiger partial charge in [0.2, 0.25) is 5.91 Å². The Hall–Kier alpha value is -1.93. The largest absolute Gasteiger partial charge is 0.416 e. The van der Waals surface area contributed by atoms with Crippen LogP contribution in [0.5, 0.6) is 0 Å². The van der Waals surface area contributed by atoms with E-state index in [9.17, 15) is 22.4 Å². The molecule has 8 heteroatoms. The molecule has 0 heterocycles. The Kier molecular flexibility index (Phi) is 6.41. The van der Waals surface area contributed by atoms with Gasteiger partial charge in [-0.2, -0.15) is 13.2 Å². The second-order valence-corrected chi connectivity index (χ2v) is 6.78. The number of hydrogen-bond acceptors (Lipinski definition) is 2. The SMILES string of the molecule is CC(C(=O)Nc1ccc(Br)cc1F)N(C)Cc1ccccc1C(F)(F)F. The fraction of sp³-hybridized carbons (Fsp3) is 0.278. The summed E-state index contributed by atoms with van der Waals surface area (Å²) in [5, 5.41) is 2.45. The van der Waals surface area contributed by atoms with E-state index in [-0.39, 0.29) is 17.8 Å². The van der Waals surface area contributed by atoms with Crippen molar-refractivity contribution in [2.24, 2.45) is 0 Å². The molecule has 2 aromatic rings. The molecule has 0 aromatic heterocycles. The number of likely N-dealkylation sites (N-methyl/N-ethyl adjacent to an activating group) is 1. The van der Waals surface area contributed by atoms with E-state index in [1.807, 2.05) is 0 Å². The summed E-state index contributed by atoms with van der Waals surface area (Å²) >= 11 is 3.12. The molecule has 2 aromatic carbocycles. The lowest BCUT2D eigenvalue weighted by molar-refractivity contribution is -0.138. The molecule has 140 valence electrons. The zero-order valence-corrected chi connectivity index (χ0v) is 15.7. The third-order valence-corrected chi connectivity index (χ3v) is 4.47. The molecule has 0 saturated heterocycles. The maximum atomic E-state index is 13.8. The van der Waals surface area contributed by atoms with E-state index >= 15 is 0 Å². The molecule has 0 aliphatic rings. The van der Waals surface area contributed by atoms with Crippen LogP contribution in [0, 0.1) is 5.82 Å². The van der Waals surface area contributed by atoms with Crippen LogP contribution >= 0.6 is 15.9 Å². The van der Waals surface area contributed by atoms with Crippen LogP contribution in [0.3, 0.4) is 0 Å². The van der Waals surface area contributed by atoms with Gasteiger partial charge in [0, 0.05) is 11.0 Å². The average Bonchev–Trinajstić information content (AvgIpc) is 2.56. The fourth-order valence-corrected chi connectivity index (χ4v) is 2.70. The summed E-state index contributed by atoms with van der Waals surface area (Å²) < 4.78 is 53.6. The van der Waals surface area contributed by atoms with Crippen LogP contribution < -0.4 is 5.32 Å². The van der Waals surface area contributed by atoms with Gasteiger partial charge < -0.3 is 5.32 Å². The topological polar surface area (TPSA) is 32.3 Å². The molecule has 0 aliphatic carbocycles. The molecule has 3 nitrogen and oxygen atoms in total. The number of anilines is 1. The average molecular weight is 433 g/mol. The molecular formula is C18H17BrF4N2O. The quantitative estimate of drug-likeness (QED) is 0.669. The number of amides is 1. The van der Waals surface area contributed by atoms with Crippen molar-refractivity contribution in [1.82, 2.24) is 4.90 Å². The van der Waals surface area contributed by atoms with Crippen molar-refractivity contribution in [1.29, 1.82) is 0 Å². The standard InChI is InChI=1S/C18H17BrF4N2O/c1-11(17(26)24-16-8-7-13(19)9-15(16)20)25(2)10-12-5-3-4-6-14(12)18(21,22)23/h3-9,11H,10H2,1-2H3,(H,24,26). The van der Waals surface area contributed by atoms with Crippen LogP contribution in [0.2, 0.25) is 0 Å². The van der Waals surface area contributed by atoms with E-state index in [1.54, 1.807) is 13.0 Å². The van der Waals surface area contributed by atoms with Gasteiger partial charge in [0.05, 0.1) is 17.3 Å². The smallest absolute Gasteiger partial charge is 0.322 e. The highest BCUT2D eigenvalue weighted by molar-refractivity contribution is 9.10. The third-order valence-electron chi connectivity index (χ3n) is 3.97. The van der Waals surface area contributed by atoms with Crippen LogP contribution in [-0.4, -0.2) is 23.9 Å². The van der Waals surface area contributed by atoms with Crippen molar-refractivity contribution >= 4 is 27.5 Å². The Bertz CT molecular complexity index is 795. The van der Waals surface area contributed by atoms with Crippen LogP contribution in [0.15, 0.2) is 46.9 Å². The summed E-state index contributed by atoms with van der Waals surface area (Å²) in [6, 6.07) is 8.64. The highest BCUT2D eigenvalue weighted by Crippen LogP contribution is 2.32. The number of benzene rings is 2. The lowest BCUT2D eigenvalue weighted by Gasteiger charge is -2.25. The summed E-state index contributed by atoms with van der Waals surface area (Å²) in [5.74, 6) is -1.12. The minimum absolute atomic E-state index is 0.00846. The second kappa shape index (κ2) is 8.18. The van der Waals surface area contributed by atoms with Gasteiger partial charge in [-0.3, -0.25) is 9.69 Å². The van der Waals surface area contributed by atoms with Crippen LogP contribution in [-0.2, 0) is 17.5 Å². The molecule has 0 spiro atoms. The number of halogens is 5. The van der Waals surface area contributed by atoms with E-state index in [4.69, 9.17) is 0 Å². The van der Waals surface area contributed by atoms with Gasteiger partial charge in [-0.1, -0.05) is 34.1 Å². The first kappa shape index (κ1) is 20.4. The number of hydrogen-bond donors (Lipinski definition) is 1. The molecule has 1 atom stereocenters. The Labute approximate surface area is 157 Å². The summed E-state index contributed by atoms with van der Waals surface area (Å²) in [6.45, 7) is 1.47. The van der Waals surface area contributed by atoms with E-state index in [1.165, 1.54) is 42.3 Å². The Morgan fingerprint density at radius 2 is 1.88 bits per heavy atom. The zero-order valence-electron chi connectivity index (χ0n) is 14.1. The number of rotatable bonds is 5. The summed E-state index contributed by atoms with van der Waals surface area (Å²) in [6.07, 6.45) is -4.47. The van der Waals surface area contributed by atoms with Crippen LogP contribution in [0.4, 0.5) is 23.2 Å². The molecule has 1 amide bonds. The molecule has 2 rings (SSSR count). The highest BCUT2D eigenvalue weighted by Gasteiger charge is 2.33. The first-order chi connectivity index (χ1) is 12.1. The fourth-order valence-electron chi connectivity index (χ4n) is 2.37. The minimum atomic E-state index is -4.47. The molecule has 26 heavy (non-hydrogen) atoms. The monoisotopic (exact) mass is 432 g/mol. The summed E-state index contributed by atoms with van der Waals surface area (Å²) in [4.78, 5) is 13.8. The van der Waals surface area contributed by atoms with E-state index < -0.39 is 29.5 Å². The van der Waals surface area contributed by atoms with Crippen molar-refractivity contribution in [3.05, 3.63) is 63.9 Å². The second-order valence-electron chi connectivity index (χ2n) is 5.86. The Balaban J connectivity index is 2.10. The van der Waals surface area contributed by atoms with Gasteiger partial charge in [0.25, 0.3) is 0 Å². The summed E-state index contributed by atoms with van der Waals surface area (Å²) in [7, 11) is 1.54. The lowest BCUT2D eigenvalue weighted by Crippen LogP contribution is -2.39. The zero-order chi connectivity index (χ0) is 19.5. The number of carbonyl (C=O) groups excluding carboxylic acids is 1. The molecule has 0 saturated carbocycles. The van der Waals surface area contributed by atoms with E-state index in [0.29, 0.717) is 4.47 Å². The van der Waals surface area contributed by atoms with Gasteiger partial charge in [-0.25, -0.2) is 4.39 Å². The van der Waals surface area contributed by atoms with Gasteiger partial charge >= 0.3 is 6.18 Å². The van der Waals surface area contributed by atoms with Crippen molar-refractivity contribution in [2.45, 2.75) is 25.7 Å². The molecule has 0 fully saturated rings. The molecular weight excluding hydrogens is 416 g/mol. The molecule has 1 N–H and O–H groups in total. The van der Waals surface area contributed by atoms with Crippen molar-refractivity contribution < 1.29 is 22.4 Å². The number of nitrogens with zero attached hydrogens (tertiary/aromatic N) is 1. The van der Waals surface area contributed by atoms with Crippen molar-refractivity contribution in [3.8, 4) is 0 Å². The summed E-state index contributed by atoms with van der Waals surface area (Å²) in [5.41, 5.74) is -0.662. The molecule has 0 bridgehead atoms. The molecule has 0 radical (unpaired) electrons. The maximum absolute atomic E-state index is 13.8. The minimum Gasteiger partial charge on any atom is -0.322 e. The molecule has 1 unspecified atom stereocenters. The van der Waals surface area contributed by atoms with E-state index in [0.717, 1.165) is 6.07 Å². The lowest BCUT2D eigenvalue weighted by atomic mass is 10.1. The normalized spacial score (nSPS) is 12.9. The predicted octanol–water partition coefficient (Wildman–Crippen LogP) is 5.07. The Morgan fingerprint density at radius 1 is 1.23 bits per heavy atom. The maximum Gasteiger partial charge on any atom is 0.416 e. The number of nitrogens with one attached hydrogen (secondary N) is 1. The number of carbonyl (C=O) groups is 1. The third kappa shape index (κ3) is 5.04. The van der Waals surface area contributed by atoms with Crippen molar-refractivity contribution in [3.63, 3.8) is 0 Å². The predicted molar refractivity (Wildman–Crippen MR) is 95.1 cm³/mol. The van der Waals surface area contributed by atoms with E-state index in [2.05, 4.69) is 21.2 Å². The molecule has 0 aliphatic heterocycles. The van der Waals surface area contributed by atoms with Crippen molar-refractivity contribution in [2.75, 3.05) is 12.4 Å². The van der Waals surface area contributed by atoms with Gasteiger partial charge in [-0.05, 0) is 43.8 Å². The Morgan fingerprint density at radius 3 is 2.50 bits per heavy atom. The van der Waals surface area contributed by atoms with Gasteiger partial charge in [-0.15, -0.1) is 0 Å². The van der Waals surface area contributed by atoms with Gasteiger partial charge in [0.15, 0.2) is 0 Å². The first-order valence-electron chi connectivity index (χ1n) is 7.71. The van der Waals surface area contributed by atoms with Crippen LogP contribution in [0.25, 0.3) is 0 Å². The van der Waals surface area contributed by atoms with Crippen LogP contribution in [0.1, 0.15) is 18.1 Å². The number of alkyl halides is 3. The first-order valence-corrected chi connectivity index (χ1v) is 8.50. The highest BCUT2D eigenvalue weighted by atomic mass is 79.9. The van der Waals surface area contributed by atoms with Gasteiger partial charge in [0.1, 0.15) is 5.82 Å².